The summed E-state index contributed by atoms with van der Waals surface area (Å²) in [5.74, 6) is -0.300. The second-order valence-electron chi connectivity index (χ2n) is 6.47. The number of hydrogen-bond acceptors (Lipinski definition) is 4. The van der Waals surface area contributed by atoms with Gasteiger partial charge in [0.25, 0.3) is 11.1 Å². The largest absolute Gasteiger partial charge is 0.497 e. The van der Waals surface area contributed by atoms with Crippen LogP contribution in [0.5, 0.6) is 5.75 Å². The number of aromatic nitrogens is 1. The second-order valence-corrected chi connectivity index (χ2v) is 7.87. The van der Waals surface area contributed by atoms with Crippen LogP contribution in [0.4, 0.5) is 9.18 Å². The van der Waals surface area contributed by atoms with Crippen LogP contribution in [-0.4, -0.2) is 27.7 Å². The third-order valence-corrected chi connectivity index (χ3v) is 5.92. The average molecular weight is 443 g/mol. The van der Waals surface area contributed by atoms with E-state index in [2.05, 4.69) is 0 Å². The van der Waals surface area contributed by atoms with Gasteiger partial charge in [-0.05, 0) is 66.4 Å². The number of methoxy groups -OCH3 is 1. The highest BCUT2D eigenvalue weighted by Crippen LogP contribution is 2.35. The molecule has 1 aromatic heterocycles. The van der Waals surface area contributed by atoms with E-state index < -0.39 is 17.0 Å². The number of nitrogens with zero attached hydrogens (tertiary/aromatic N) is 2. The average Bonchev–Trinajstić information content (AvgIpc) is 3.30. The van der Waals surface area contributed by atoms with Gasteiger partial charge in [-0.3, -0.25) is 14.5 Å². The molecule has 2 aromatic carbocycles. The van der Waals surface area contributed by atoms with Crippen LogP contribution in [0.3, 0.4) is 0 Å². The van der Waals surface area contributed by atoms with E-state index >= 15 is 0 Å². The summed E-state index contributed by atoms with van der Waals surface area (Å²) >= 11 is 6.86. The number of carbonyl (C=O) groups is 2. The molecule has 5 nitrogen and oxygen atoms in total. The zero-order valence-electron chi connectivity index (χ0n) is 15.8. The highest BCUT2D eigenvalue weighted by Gasteiger charge is 2.36. The lowest BCUT2D eigenvalue weighted by molar-refractivity contribution is -0.123. The molecule has 1 aliphatic rings. The van der Waals surface area contributed by atoms with E-state index in [1.807, 2.05) is 47.2 Å². The van der Waals surface area contributed by atoms with Gasteiger partial charge in [0.2, 0.25) is 0 Å². The van der Waals surface area contributed by atoms with Crippen molar-refractivity contribution in [3.8, 4) is 11.4 Å². The van der Waals surface area contributed by atoms with Crippen molar-refractivity contribution in [3.05, 3.63) is 87.8 Å². The molecule has 152 valence electrons. The van der Waals surface area contributed by atoms with Gasteiger partial charge in [0.1, 0.15) is 11.6 Å². The quantitative estimate of drug-likeness (QED) is 0.488. The zero-order chi connectivity index (χ0) is 21.3. The van der Waals surface area contributed by atoms with Crippen LogP contribution in [-0.2, 0) is 11.3 Å². The van der Waals surface area contributed by atoms with Crippen LogP contribution in [0, 0.1) is 5.82 Å². The van der Waals surface area contributed by atoms with Gasteiger partial charge < -0.3 is 9.30 Å². The Morgan fingerprint density at radius 1 is 1.10 bits per heavy atom. The van der Waals surface area contributed by atoms with Crippen molar-refractivity contribution in [3.63, 3.8) is 0 Å². The number of rotatable bonds is 5. The molecule has 4 rings (SSSR count). The molecule has 0 aliphatic carbocycles. The SMILES string of the molecule is COc1ccc(-n2cccc2C=C2SC(=O)N(Cc3c(F)cccc3Cl)C2=O)cc1. The van der Waals surface area contributed by atoms with Crippen LogP contribution >= 0.6 is 23.4 Å². The first-order valence-corrected chi connectivity index (χ1v) is 10.2. The van der Waals surface area contributed by atoms with Gasteiger partial charge >= 0.3 is 0 Å². The van der Waals surface area contributed by atoms with E-state index in [0.717, 1.165) is 33.8 Å². The fraction of sp³-hybridized carbons (Fsp3) is 0.0909. The molecule has 2 heterocycles. The van der Waals surface area contributed by atoms with E-state index in [1.165, 1.54) is 18.2 Å². The van der Waals surface area contributed by atoms with Gasteiger partial charge in [-0.15, -0.1) is 0 Å². The smallest absolute Gasteiger partial charge is 0.293 e. The monoisotopic (exact) mass is 442 g/mol. The predicted octanol–water partition coefficient (Wildman–Crippen LogP) is 5.51. The molecular formula is C22H16ClFN2O3S. The highest BCUT2D eigenvalue weighted by molar-refractivity contribution is 8.18. The molecule has 0 spiro atoms. The van der Waals surface area contributed by atoms with Crippen molar-refractivity contribution in [1.82, 2.24) is 9.47 Å². The summed E-state index contributed by atoms with van der Waals surface area (Å²) in [7, 11) is 1.60. The van der Waals surface area contributed by atoms with Gasteiger partial charge in [-0.25, -0.2) is 4.39 Å². The number of thioether (sulfide) groups is 1. The van der Waals surface area contributed by atoms with E-state index in [4.69, 9.17) is 16.3 Å². The Balaban J connectivity index is 1.61. The molecule has 0 atom stereocenters. The first kappa shape index (κ1) is 20.3. The van der Waals surface area contributed by atoms with Gasteiger partial charge in [0, 0.05) is 28.2 Å². The molecule has 0 N–H and O–H groups in total. The van der Waals surface area contributed by atoms with E-state index in [9.17, 15) is 14.0 Å². The number of ether oxygens (including phenoxy) is 1. The number of hydrogen-bond donors (Lipinski definition) is 0. The number of carbonyl (C=O) groups excluding carboxylic acids is 2. The topological polar surface area (TPSA) is 51.5 Å². The van der Waals surface area contributed by atoms with Crippen LogP contribution in [0.25, 0.3) is 11.8 Å². The van der Waals surface area contributed by atoms with Crippen molar-refractivity contribution in [1.29, 1.82) is 0 Å². The molecule has 2 amide bonds. The van der Waals surface area contributed by atoms with Crippen LogP contribution in [0.1, 0.15) is 11.3 Å². The first-order valence-electron chi connectivity index (χ1n) is 8.98. The fourth-order valence-electron chi connectivity index (χ4n) is 3.10. The van der Waals surface area contributed by atoms with Crippen molar-refractivity contribution in [2.24, 2.45) is 0 Å². The van der Waals surface area contributed by atoms with E-state index in [0.29, 0.717) is 0 Å². The molecule has 0 bridgehead atoms. The Kier molecular flexibility index (Phi) is 5.65. The fourth-order valence-corrected chi connectivity index (χ4v) is 4.15. The van der Waals surface area contributed by atoms with E-state index in [-0.39, 0.29) is 22.0 Å². The molecule has 0 unspecified atom stereocenters. The number of halogens is 2. The van der Waals surface area contributed by atoms with Crippen molar-refractivity contribution in [2.75, 3.05) is 7.11 Å². The van der Waals surface area contributed by atoms with Gasteiger partial charge in [0.05, 0.1) is 18.6 Å². The molecule has 1 saturated heterocycles. The molecule has 8 heteroatoms. The Morgan fingerprint density at radius 3 is 2.57 bits per heavy atom. The number of imide groups is 1. The maximum absolute atomic E-state index is 14.1. The number of benzene rings is 2. The second kappa shape index (κ2) is 8.38. The summed E-state index contributed by atoms with van der Waals surface area (Å²) in [6.07, 6.45) is 3.51. The molecular weight excluding hydrogens is 427 g/mol. The molecule has 0 saturated carbocycles. The summed E-state index contributed by atoms with van der Waals surface area (Å²) in [6, 6.07) is 15.4. The maximum Gasteiger partial charge on any atom is 0.293 e. The lowest BCUT2D eigenvalue weighted by Gasteiger charge is -2.14. The van der Waals surface area contributed by atoms with Crippen LogP contribution in [0.15, 0.2) is 65.7 Å². The zero-order valence-corrected chi connectivity index (χ0v) is 17.4. The van der Waals surface area contributed by atoms with Crippen LogP contribution in [0.2, 0.25) is 5.02 Å². The lowest BCUT2D eigenvalue weighted by Crippen LogP contribution is -2.28. The van der Waals surface area contributed by atoms with Gasteiger partial charge in [-0.1, -0.05) is 17.7 Å². The minimum absolute atomic E-state index is 0.115. The normalized spacial score (nSPS) is 15.3. The van der Waals surface area contributed by atoms with Gasteiger partial charge in [0.15, 0.2) is 0 Å². The molecule has 3 aromatic rings. The Hall–Kier alpha value is -3.03. The molecule has 30 heavy (non-hydrogen) atoms. The third kappa shape index (κ3) is 3.86. The Labute approximate surface area is 181 Å². The standard InChI is InChI=1S/C22H16ClFN2O3S/c1-29-16-9-7-14(8-10-16)25-11-3-4-15(25)12-20-21(27)26(22(28)30-20)13-17-18(23)5-2-6-19(17)24/h2-12H,13H2,1H3. The summed E-state index contributed by atoms with van der Waals surface area (Å²) in [5, 5.41) is -0.292. The Bertz CT molecular complexity index is 1140. The third-order valence-electron chi connectivity index (χ3n) is 4.66. The van der Waals surface area contributed by atoms with Crippen molar-refractivity contribution >= 4 is 40.6 Å². The minimum atomic E-state index is -0.557. The first-order chi connectivity index (χ1) is 14.5. The van der Waals surface area contributed by atoms with E-state index in [1.54, 1.807) is 13.2 Å². The summed E-state index contributed by atoms with van der Waals surface area (Å²) in [4.78, 5) is 26.5. The lowest BCUT2D eigenvalue weighted by atomic mass is 10.2. The minimum Gasteiger partial charge on any atom is -0.497 e. The summed E-state index contributed by atoms with van der Waals surface area (Å²) in [5.41, 5.74) is 1.73. The number of amides is 2. The maximum atomic E-state index is 14.1. The molecule has 1 aliphatic heterocycles. The summed E-state index contributed by atoms with van der Waals surface area (Å²) in [6.45, 7) is -0.215. The molecule has 1 fully saturated rings. The van der Waals surface area contributed by atoms with Crippen LogP contribution < -0.4 is 4.74 Å². The predicted molar refractivity (Wildman–Crippen MR) is 115 cm³/mol. The highest BCUT2D eigenvalue weighted by atomic mass is 35.5. The van der Waals surface area contributed by atoms with Gasteiger partial charge in [-0.2, -0.15) is 0 Å². The van der Waals surface area contributed by atoms with Crippen molar-refractivity contribution in [2.45, 2.75) is 6.54 Å². The summed E-state index contributed by atoms with van der Waals surface area (Å²) < 4.78 is 21.2. The van der Waals surface area contributed by atoms with Crippen molar-refractivity contribution < 1.29 is 18.7 Å². The Morgan fingerprint density at radius 2 is 1.87 bits per heavy atom. The molecule has 0 radical (unpaired) electrons.